The van der Waals surface area contributed by atoms with Crippen molar-refractivity contribution in [1.82, 2.24) is 0 Å². The van der Waals surface area contributed by atoms with Gasteiger partial charge in [0, 0.05) is 15.1 Å². The van der Waals surface area contributed by atoms with E-state index in [1.807, 2.05) is 18.2 Å². The maximum atomic E-state index is 11.7. The second-order valence-corrected chi connectivity index (χ2v) is 5.88. The molecule has 0 atom stereocenters. The molecule has 4 nitrogen and oxygen atoms in total. The molecule has 2 rings (SSSR count). The van der Waals surface area contributed by atoms with Gasteiger partial charge < -0.3 is 14.9 Å². The molecule has 0 aliphatic rings. The zero-order valence-corrected chi connectivity index (χ0v) is 13.3. The molecule has 2 N–H and O–H groups in total. The van der Waals surface area contributed by atoms with Crippen LogP contribution >= 0.6 is 27.7 Å². The van der Waals surface area contributed by atoms with Crippen LogP contribution in [0, 0.1) is 0 Å². The SMILES string of the molecule is CCOC(=O)c1ccoc1CSc1ccc(Br)cc1N. The first-order valence-electron chi connectivity index (χ1n) is 6.03. The van der Waals surface area contributed by atoms with Gasteiger partial charge in [-0.3, -0.25) is 0 Å². The zero-order valence-electron chi connectivity index (χ0n) is 10.9. The van der Waals surface area contributed by atoms with Crippen molar-refractivity contribution < 1.29 is 13.9 Å². The van der Waals surface area contributed by atoms with Crippen LogP contribution in [-0.2, 0) is 10.5 Å². The Morgan fingerprint density at radius 2 is 2.25 bits per heavy atom. The molecule has 6 heteroatoms. The molecule has 0 aliphatic heterocycles. The molecule has 0 saturated carbocycles. The third-order valence-electron chi connectivity index (χ3n) is 2.57. The van der Waals surface area contributed by atoms with Crippen molar-refractivity contribution in [3.63, 3.8) is 0 Å². The summed E-state index contributed by atoms with van der Waals surface area (Å²) in [6.45, 7) is 2.12. The Labute approximate surface area is 129 Å². The lowest BCUT2D eigenvalue weighted by atomic mass is 10.3. The summed E-state index contributed by atoms with van der Waals surface area (Å²) in [6, 6.07) is 7.32. The fourth-order valence-corrected chi connectivity index (χ4v) is 2.92. The van der Waals surface area contributed by atoms with Crippen molar-refractivity contribution in [1.29, 1.82) is 0 Å². The van der Waals surface area contributed by atoms with Gasteiger partial charge in [-0.25, -0.2) is 4.79 Å². The van der Waals surface area contributed by atoms with Gasteiger partial charge in [-0.1, -0.05) is 15.9 Å². The van der Waals surface area contributed by atoms with E-state index in [1.165, 1.54) is 18.0 Å². The van der Waals surface area contributed by atoms with Gasteiger partial charge in [0.15, 0.2) is 0 Å². The molecule has 0 bridgehead atoms. The molecule has 1 aromatic heterocycles. The topological polar surface area (TPSA) is 65.5 Å². The Kier molecular flexibility index (Phi) is 5.14. The van der Waals surface area contributed by atoms with Crippen LogP contribution in [-0.4, -0.2) is 12.6 Å². The molecule has 20 heavy (non-hydrogen) atoms. The second-order valence-electron chi connectivity index (χ2n) is 3.95. The van der Waals surface area contributed by atoms with Crippen LogP contribution in [0.5, 0.6) is 0 Å². The van der Waals surface area contributed by atoms with E-state index in [0.717, 1.165) is 9.37 Å². The monoisotopic (exact) mass is 355 g/mol. The van der Waals surface area contributed by atoms with E-state index in [2.05, 4.69) is 15.9 Å². The number of anilines is 1. The highest BCUT2D eigenvalue weighted by atomic mass is 79.9. The van der Waals surface area contributed by atoms with Crippen molar-refractivity contribution in [3.8, 4) is 0 Å². The highest BCUT2D eigenvalue weighted by Gasteiger charge is 2.16. The predicted octanol–water partition coefficient (Wildman–Crippen LogP) is 4.09. The fourth-order valence-electron chi connectivity index (χ4n) is 1.64. The van der Waals surface area contributed by atoms with Crippen LogP contribution in [0.1, 0.15) is 23.0 Å². The number of hydrogen-bond acceptors (Lipinski definition) is 5. The Morgan fingerprint density at radius 1 is 1.45 bits per heavy atom. The minimum Gasteiger partial charge on any atom is -0.468 e. The van der Waals surface area contributed by atoms with Crippen molar-refractivity contribution in [2.45, 2.75) is 17.6 Å². The number of nitrogens with two attached hydrogens (primary N) is 1. The summed E-state index contributed by atoms with van der Waals surface area (Å²) in [4.78, 5) is 12.7. The number of nitrogen functional groups attached to an aromatic ring is 1. The molecule has 1 aromatic carbocycles. The first kappa shape index (κ1) is 15.0. The standard InChI is InChI=1S/C14H14BrNO3S/c1-2-18-14(17)10-5-6-19-12(10)8-20-13-4-3-9(15)7-11(13)16/h3-7H,2,8,16H2,1H3. The molecule has 0 radical (unpaired) electrons. The smallest absolute Gasteiger partial charge is 0.341 e. The lowest BCUT2D eigenvalue weighted by molar-refractivity contribution is 0.0524. The third kappa shape index (κ3) is 3.58. The van der Waals surface area contributed by atoms with E-state index in [4.69, 9.17) is 14.9 Å². The molecule has 0 fully saturated rings. The number of hydrogen-bond donors (Lipinski definition) is 1. The molecule has 2 aromatic rings. The summed E-state index contributed by atoms with van der Waals surface area (Å²) in [6.07, 6.45) is 1.49. The lowest BCUT2D eigenvalue weighted by Gasteiger charge is -2.06. The van der Waals surface area contributed by atoms with Crippen LogP contribution in [0.4, 0.5) is 5.69 Å². The van der Waals surface area contributed by atoms with Crippen LogP contribution < -0.4 is 5.73 Å². The molecule has 1 heterocycles. The van der Waals surface area contributed by atoms with Gasteiger partial charge in [-0.05, 0) is 31.2 Å². The number of thioether (sulfide) groups is 1. The van der Waals surface area contributed by atoms with Gasteiger partial charge in [0.25, 0.3) is 0 Å². The number of benzene rings is 1. The summed E-state index contributed by atoms with van der Waals surface area (Å²) >= 11 is 4.88. The first-order chi connectivity index (χ1) is 9.61. The van der Waals surface area contributed by atoms with Crippen molar-refractivity contribution in [2.75, 3.05) is 12.3 Å². The Bertz CT molecular complexity index is 612. The number of rotatable bonds is 5. The Balaban J connectivity index is 2.08. The second kappa shape index (κ2) is 6.85. The van der Waals surface area contributed by atoms with Crippen molar-refractivity contribution in [3.05, 3.63) is 46.3 Å². The molecular weight excluding hydrogens is 342 g/mol. The van der Waals surface area contributed by atoms with Gasteiger partial charge in [0.2, 0.25) is 0 Å². The van der Waals surface area contributed by atoms with E-state index in [9.17, 15) is 4.79 Å². The average molecular weight is 356 g/mol. The molecule has 0 aliphatic carbocycles. The van der Waals surface area contributed by atoms with E-state index in [0.29, 0.717) is 29.4 Å². The van der Waals surface area contributed by atoms with Crippen molar-refractivity contribution >= 4 is 39.3 Å². The number of carbonyl (C=O) groups excluding carboxylic acids is 1. The Morgan fingerprint density at radius 3 is 2.95 bits per heavy atom. The highest BCUT2D eigenvalue weighted by molar-refractivity contribution is 9.10. The summed E-state index contributed by atoms with van der Waals surface area (Å²) in [7, 11) is 0. The molecule has 106 valence electrons. The molecular formula is C14H14BrNO3S. The van der Waals surface area contributed by atoms with Crippen LogP contribution in [0.2, 0.25) is 0 Å². The van der Waals surface area contributed by atoms with E-state index < -0.39 is 0 Å². The number of esters is 1. The van der Waals surface area contributed by atoms with Gasteiger partial charge in [-0.15, -0.1) is 11.8 Å². The predicted molar refractivity (Wildman–Crippen MR) is 82.8 cm³/mol. The molecule has 0 spiro atoms. The van der Waals surface area contributed by atoms with Crippen LogP contribution in [0.15, 0.2) is 44.3 Å². The number of ether oxygens (including phenoxy) is 1. The maximum absolute atomic E-state index is 11.7. The maximum Gasteiger partial charge on any atom is 0.341 e. The van der Waals surface area contributed by atoms with Gasteiger partial charge in [0.1, 0.15) is 11.3 Å². The van der Waals surface area contributed by atoms with Crippen LogP contribution in [0.3, 0.4) is 0 Å². The van der Waals surface area contributed by atoms with E-state index >= 15 is 0 Å². The van der Waals surface area contributed by atoms with Crippen LogP contribution in [0.25, 0.3) is 0 Å². The quantitative estimate of drug-likeness (QED) is 0.497. The van der Waals surface area contributed by atoms with E-state index in [-0.39, 0.29) is 5.97 Å². The van der Waals surface area contributed by atoms with Gasteiger partial charge in [0.05, 0.1) is 18.6 Å². The lowest BCUT2D eigenvalue weighted by Crippen LogP contribution is -2.05. The largest absolute Gasteiger partial charge is 0.468 e. The number of halogens is 1. The molecule has 0 amide bonds. The van der Waals surface area contributed by atoms with Crippen molar-refractivity contribution in [2.24, 2.45) is 0 Å². The van der Waals surface area contributed by atoms with Gasteiger partial charge in [-0.2, -0.15) is 0 Å². The molecule has 0 saturated heterocycles. The zero-order chi connectivity index (χ0) is 14.5. The van der Waals surface area contributed by atoms with Gasteiger partial charge >= 0.3 is 5.97 Å². The summed E-state index contributed by atoms with van der Waals surface area (Å²) < 4.78 is 11.3. The minimum atomic E-state index is -0.361. The minimum absolute atomic E-state index is 0.344. The first-order valence-corrected chi connectivity index (χ1v) is 7.81. The Hall–Kier alpha value is -1.40. The highest BCUT2D eigenvalue weighted by Crippen LogP contribution is 2.31. The summed E-state index contributed by atoms with van der Waals surface area (Å²) in [5, 5.41) is 0. The molecule has 0 unspecified atom stereocenters. The third-order valence-corrected chi connectivity index (χ3v) is 4.15. The average Bonchev–Trinajstić information content (AvgIpc) is 2.86. The fraction of sp³-hybridized carbons (Fsp3) is 0.214. The summed E-state index contributed by atoms with van der Waals surface area (Å²) in [5.74, 6) is 0.754. The number of furan rings is 1. The van der Waals surface area contributed by atoms with E-state index in [1.54, 1.807) is 13.0 Å². The summed E-state index contributed by atoms with van der Waals surface area (Å²) in [5.41, 5.74) is 7.09. The normalized spacial score (nSPS) is 10.5. The number of carbonyl (C=O) groups is 1.